The van der Waals surface area contributed by atoms with E-state index in [1.165, 1.54) is 120 Å². The fourth-order valence-corrected chi connectivity index (χ4v) is 15.6. The van der Waals surface area contributed by atoms with Crippen molar-refractivity contribution in [2.24, 2.45) is 0 Å². The molecule has 0 aromatic carbocycles. The Morgan fingerprint density at radius 3 is 1.49 bits per heavy atom. The summed E-state index contributed by atoms with van der Waals surface area (Å²) in [5.41, 5.74) is 3.37. The monoisotopic (exact) mass is 680 g/mol. The van der Waals surface area contributed by atoms with Gasteiger partial charge in [-0.15, -0.1) is 0 Å². The summed E-state index contributed by atoms with van der Waals surface area (Å²) in [7, 11) is 0. The van der Waals surface area contributed by atoms with Gasteiger partial charge in [0, 0.05) is 0 Å². The predicted octanol–water partition coefficient (Wildman–Crippen LogP) is 13.6. The third-order valence-corrected chi connectivity index (χ3v) is 20.5. The van der Waals surface area contributed by atoms with E-state index in [1.54, 1.807) is 20.9 Å². The van der Waals surface area contributed by atoms with E-state index in [2.05, 4.69) is 84.2 Å². The van der Waals surface area contributed by atoms with Gasteiger partial charge in [-0.2, -0.15) is 0 Å². The van der Waals surface area contributed by atoms with Gasteiger partial charge in [0.25, 0.3) is 0 Å². The first kappa shape index (κ1) is 35.4. The first-order valence-corrected chi connectivity index (χ1v) is 28.6. The van der Waals surface area contributed by atoms with Crippen molar-refractivity contribution in [2.75, 3.05) is 0 Å². The van der Waals surface area contributed by atoms with Crippen LogP contribution in [0.5, 0.6) is 0 Å². The molecular weight excluding hydrogens is 615 g/mol. The van der Waals surface area contributed by atoms with Crippen molar-refractivity contribution < 1.29 is 0 Å². The molecule has 2 atom stereocenters. The molecule has 2 aromatic heterocycles. The van der Waals surface area contributed by atoms with Gasteiger partial charge in [0.15, 0.2) is 0 Å². The predicted molar refractivity (Wildman–Crippen MR) is 187 cm³/mol. The van der Waals surface area contributed by atoms with Gasteiger partial charge in [-0.25, -0.2) is 0 Å². The van der Waals surface area contributed by atoms with E-state index >= 15 is 0 Å². The molecular formula is C36H64S2Sn. The van der Waals surface area contributed by atoms with Gasteiger partial charge in [-0.05, 0) is 0 Å². The second-order valence-electron chi connectivity index (χ2n) is 13.6. The summed E-state index contributed by atoms with van der Waals surface area (Å²) in [6, 6.07) is 5.19. The normalized spacial score (nSPS) is 13.7. The summed E-state index contributed by atoms with van der Waals surface area (Å²) in [5.74, 6) is 1.38. The van der Waals surface area contributed by atoms with Crippen LogP contribution in [0.1, 0.15) is 171 Å². The van der Waals surface area contributed by atoms with Crippen LogP contribution in [-0.4, -0.2) is 18.4 Å². The maximum absolute atomic E-state index is 2.66. The molecule has 0 N–H and O–H groups in total. The molecule has 2 aromatic rings. The molecule has 2 unspecified atom stereocenters. The number of rotatable bonds is 22. The van der Waals surface area contributed by atoms with Crippen molar-refractivity contribution in [3.63, 3.8) is 0 Å². The summed E-state index contributed by atoms with van der Waals surface area (Å²) < 4.78 is 1.83. The van der Waals surface area contributed by atoms with E-state index in [0.717, 1.165) is 0 Å². The third kappa shape index (κ3) is 12.9. The van der Waals surface area contributed by atoms with Crippen LogP contribution in [0.3, 0.4) is 0 Å². The summed E-state index contributed by atoms with van der Waals surface area (Å²) in [5, 5.41) is 0. The van der Waals surface area contributed by atoms with E-state index in [4.69, 9.17) is 0 Å². The van der Waals surface area contributed by atoms with Crippen LogP contribution in [0.2, 0.25) is 14.8 Å². The van der Waals surface area contributed by atoms with Crippen LogP contribution in [0, 0.1) is 6.92 Å². The van der Waals surface area contributed by atoms with Crippen LogP contribution >= 0.6 is 22.7 Å². The molecule has 2 rings (SSSR count). The fraction of sp³-hybridized carbons (Fsp3) is 0.778. The molecule has 0 saturated heterocycles. The summed E-state index contributed by atoms with van der Waals surface area (Å²) in [4.78, 5) is 12.6. The molecule has 0 aliphatic rings. The number of thiophene rings is 2. The zero-order valence-electron chi connectivity index (χ0n) is 27.4. The molecule has 0 saturated carbocycles. The standard InChI is InChI=1S/C33H55S2.3CH3.Sn/c1-6-8-10-12-14-16-18-20-22-27(3)30-25-32(34-26-30)33-31(24-29(5)35-33)28(4)23-21-19-17-15-13-11-9-7-2;;;;/h24-25,27-28H,6-23H2,1-5H3;3*1H3;. The van der Waals surface area contributed by atoms with Gasteiger partial charge in [0.2, 0.25) is 0 Å². The summed E-state index contributed by atoms with van der Waals surface area (Å²) >= 11 is 2.06. The van der Waals surface area contributed by atoms with Crippen molar-refractivity contribution in [2.45, 2.75) is 177 Å². The van der Waals surface area contributed by atoms with Crippen LogP contribution < -0.4 is 2.89 Å². The topological polar surface area (TPSA) is 0 Å². The number of hydrogen-bond acceptors (Lipinski definition) is 2. The van der Waals surface area contributed by atoms with Crippen LogP contribution in [0.25, 0.3) is 9.75 Å². The first-order chi connectivity index (χ1) is 18.7. The summed E-state index contributed by atoms with van der Waals surface area (Å²) in [6.07, 6.45) is 25.4. The zero-order valence-corrected chi connectivity index (χ0v) is 31.8. The molecule has 224 valence electrons. The van der Waals surface area contributed by atoms with Crippen molar-refractivity contribution in [3.8, 4) is 9.75 Å². The van der Waals surface area contributed by atoms with Gasteiger partial charge in [0.05, 0.1) is 0 Å². The quantitative estimate of drug-likeness (QED) is 0.0858. The van der Waals surface area contributed by atoms with Gasteiger partial charge >= 0.3 is 226 Å². The van der Waals surface area contributed by atoms with Crippen molar-refractivity contribution in [3.05, 3.63) is 28.1 Å². The first-order valence-electron chi connectivity index (χ1n) is 16.9. The molecule has 0 aliphatic carbocycles. The molecule has 0 radical (unpaired) electrons. The Morgan fingerprint density at radius 1 is 0.590 bits per heavy atom. The number of hydrogen-bond donors (Lipinski definition) is 0. The average Bonchev–Trinajstić information content (AvgIpc) is 3.51. The second kappa shape index (κ2) is 19.4. The zero-order chi connectivity index (χ0) is 28.7. The van der Waals surface area contributed by atoms with E-state index < -0.39 is 18.4 Å². The summed E-state index contributed by atoms with van der Waals surface area (Å²) in [6.45, 7) is 12.0. The Morgan fingerprint density at radius 2 is 1.03 bits per heavy atom. The Balaban J connectivity index is 2.00. The third-order valence-electron chi connectivity index (χ3n) is 8.59. The molecule has 0 amide bonds. The van der Waals surface area contributed by atoms with E-state index in [-0.39, 0.29) is 0 Å². The molecule has 39 heavy (non-hydrogen) atoms. The molecule has 0 aliphatic heterocycles. The molecule has 3 heteroatoms. The Kier molecular flexibility index (Phi) is 17.6. The number of unbranched alkanes of at least 4 members (excludes halogenated alkanes) is 14. The van der Waals surface area contributed by atoms with E-state index in [0.29, 0.717) is 11.8 Å². The van der Waals surface area contributed by atoms with Gasteiger partial charge in [0.1, 0.15) is 0 Å². The fourth-order valence-electron chi connectivity index (χ4n) is 6.04. The Labute approximate surface area is 257 Å². The van der Waals surface area contributed by atoms with E-state index in [1.807, 2.05) is 2.89 Å². The maximum atomic E-state index is 2.66. The van der Waals surface area contributed by atoms with Gasteiger partial charge in [-0.1, -0.05) is 33.1 Å². The average molecular weight is 680 g/mol. The van der Waals surface area contributed by atoms with Crippen LogP contribution in [0.4, 0.5) is 0 Å². The van der Waals surface area contributed by atoms with E-state index in [9.17, 15) is 0 Å². The van der Waals surface area contributed by atoms with Gasteiger partial charge < -0.3 is 0 Å². The Hall–Kier alpha value is 0.199. The van der Waals surface area contributed by atoms with Crippen molar-refractivity contribution in [1.82, 2.24) is 0 Å². The minimum atomic E-state index is -2.20. The minimum absolute atomic E-state index is 0.673. The van der Waals surface area contributed by atoms with Crippen molar-refractivity contribution >= 4 is 43.9 Å². The molecule has 0 fully saturated rings. The van der Waals surface area contributed by atoms with Crippen LogP contribution in [-0.2, 0) is 0 Å². The molecule has 0 bridgehead atoms. The SMILES string of the molecule is CCCCCCCCCCC(C)c1cc(C)sc1-c1cc(C(C)CCCCCCCCCC)[c]([Sn]([CH3])([CH3])[CH3])s1. The van der Waals surface area contributed by atoms with Crippen molar-refractivity contribution in [1.29, 1.82) is 0 Å². The molecule has 0 nitrogen and oxygen atoms in total. The van der Waals surface area contributed by atoms with Gasteiger partial charge in [-0.3, -0.25) is 0 Å². The van der Waals surface area contributed by atoms with Crippen LogP contribution in [0.15, 0.2) is 12.1 Å². The Bertz CT molecular complexity index is 900. The number of aryl methyl sites for hydroxylation is 1. The molecule has 0 spiro atoms. The second-order valence-corrected chi connectivity index (χ2v) is 31.2. The molecule has 2 heterocycles.